The molecule has 1 aliphatic rings. The molecule has 1 aromatic heterocycles. The lowest BCUT2D eigenvalue weighted by Crippen LogP contribution is -2.28. The zero-order valence-electron chi connectivity index (χ0n) is 8.73. The number of piperidine rings is 1. The molecule has 0 saturated carbocycles. The Kier molecular flexibility index (Phi) is 2.73. The maximum atomic E-state index is 10.8. The van der Waals surface area contributed by atoms with Gasteiger partial charge in [-0.3, -0.25) is 4.68 Å². The molecule has 2 heterocycles. The summed E-state index contributed by atoms with van der Waals surface area (Å²) in [6.07, 6.45) is 2.21. The van der Waals surface area contributed by atoms with Crippen LogP contribution in [0.1, 0.15) is 34.9 Å². The van der Waals surface area contributed by atoms with Crippen molar-refractivity contribution in [3.63, 3.8) is 0 Å². The summed E-state index contributed by atoms with van der Waals surface area (Å²) in [5.74, 6) is -0.557. The molecule has 1 saturated heterocycles. The lowest BCUT2D eigenvalue weighted by molar-refractivity contribution is 0.0685. The zero-order valence-corrected chi connectivity index (χ0v) is 8.73. The predicted molar refractivity (Wildman–Crippen MR) is 55.0 cm³/mol. The van der Waals surface area contributed by atoms with Crippen molar-refractivity contribution in [2.75, 3.05) is 13.1 Å². The molecule has 0 unspecified atom stereocenters. The highest BCUT2D eigenvalue weighted by Gasteiger charge is 2.20. The molecule has 0 radical (unpaired) electrons. The quantitative estimate of drug-likeness (QED) is 0.748. The molecule has 0 aliphatic carbocycles. The fraction of sp³-hybridized carbons (Fsp3) is 0.600. The molecule has 0 amide bonds. The summed E-state index contributed by atoms with van der Waals surface area (Å²) in [6, 6.07) is 1.68. The Morgan fingerprint density at radius 3 is 3.07 bits per heavy atom. The molecule has 0 spiro atoms. The molecule has 1 atom stereocenters. The minimum Gasteiger partial charge on any atom is -0.477 e. The number of hydrogen-bond donors (Lipinski definition) is 2. The standard InChI is InChI=1S/C10H15N3O2/c1-13-9(10(14)15)5-8(12-13)7-3-2-4-11-6-7/h5,7,11H,2-4,6H2,1H3,(H,14,15)/t7-/m0/s1. The number of carbonyl (C=O) groups is 1. The second-order valence-electron chi connectivity index (χ2n) is 3.93. The molecule has 2 rings (SSSR count). The summed E-state index contributed by atoms with van der Waals surface area (Å²) in [7, 11) is 1.67. The SMILES string of the molecule is Cn1nc([C@H]2CCCNC2)cc1C(=O)O. The first-order chi connectivity index (χ1) is 7.18. The van der Waals surface area contributed by atoms with Crippen LogP contribution in [0.25, 0.3) is 0 Å². The third-order valence-corrected chi connectivity index (χ3v) is 2.83. The van der Waals surface area contributed by atoms with Crippen LogP contribution in [0.15, 0.2) is 6.07 Å². The van der Waals surface area contributed by atoms with Crippen LogP contribution >= 0.6 is 0 Å². The first-order valence-electron chi connectivity index (χ1n) is 5.16. The van der Waals surface area contributed by atoms with Gasteiger partial charge in [-0.2, -0.15) is 5.10 Å². The lowest BCUT2D eigenvalue weighted by atomic mass is 9.96. The number of rotatable bonds is 2. The van der Waals surface area contributed by atoms with Crippen LogP contribution < -0.4 is 5.32 Å². The summed E-state index contributed by atoms with van der Waals surface area (Å²) in [5, 5.41) is 16.4. The number of nitrogens with zero attached hydrogens (tertiary/aromatic N) is 2. The van der Waals surface area contributed by atoms with Gasteiger partial charge in [0.15, 0.2) is 0 Å². The Morgan fingerprint density at radius 2 is 2.53 bits per heavy atom. The van der Waals surface area contributed by atoms with E-state index in [0.717, 1.165) is 31.6 Å². The summed E-state index contributed by atoms with van der Waals surface area (Å²) in [4.78, 5) is 10.8. The van der Waals surface area contributed by atoms with E-state index in [1.165, 1.54) is 4.68 Å². The normalized spacial score (nSPS) is 21.5. The van der Waals surface area contributed by atoms with Crippen LogP contribution in [-0.2, 0) is 7.05 Å². The molecule has 5 nitrogen and oxygen atoms in total. The maximum Gasteiger partial charge on any atom is 0.354 e. The minimum absolute atomic E-state index is 0.260. The Morgan fingerprint density at radius 1 is 1.73 bits per heavy atom. The summed E-state index contributed by atoms with van der Waals surface area (Å²) in [6.45, 7) is 1.95. The van der Waals surface area contributed by atoms with Gasteiger partial charge in [0.2, 0.25) is 0 Å². The summed E-state index contributed by atoms with van der Waals surface area (Å²) in [5.41, 5.74) is 1.15. The number of carboxylic acids is 1. The molecule has 15 heavy (non-hydrogen) atoms. The van der Waals surface area contributed by atoms with E-state index in [9.17, 15) is 4.79 Å². The molecule has 0 aromatic carbocycles. The Hall–Kier alpha value is -1.36. The highest BCUT2D eigenvalue weighted by molar-refractivity contribution is 5.85. The molecule has 1 aliphatic heterocycles. The molecule has 1 aromatic rings. The van der Waals surface area contributed by atoms with Gasteiger partial charge in [-0.05, 0) is 25.5 Å². The fourth-order valence-electron chi connectivity index (χ4n) is 1.99. The first kappa shape index (κ1) is 10.2. The van der Waals surface area contributed by atoms with Crippen molar-refractivity contribution >= 4 is 5.97 Å². The number of nitrogens with one attached hydrogen (secondary N) is 1. The molecule has 2 N–H and O–H groups in total. The zero-order chi connectivity index (χ0) is 10.8. The summed E-state index contributed by atoms with van der Waals surface area (Å²) < 4.78 is 1.44. The topological polar surface area (TPSA) is 67.2 Å². The van der Waals surface area contributed by atoms with E-state index in [0.29, 0.717) is 5.92 Å². The van der Waals surface area contributed by atoms with Gasteiger partial charge in [-0.15, -0.1) is 0 Å². The van der Waals surface area contributed by atoms with Crippen LogP contribution in [0.4, 0.5) is 0 Å². The average molecular weight is 209 g/mol. The van der Waals surface area contributed by atoms with Crippen molar-refractivity contribution in [1.82, 2.24) is 15.1 Å². The summed E-state index contributed by atoms with van der Waals surface area (Å²) >= 11 is 0. The van der Waals surface area contributed by atoms with Gasteiger partial charge in [-0.1, -0.05) is 0 Å². The van der Waals surface area contributed by atoms with E-state index >= 15 is 0 Å². The van der Waals surface area contributed by atoms with Gasteiger partial charge >= 0.3 is 5.97 Å². The molecular formula is C10H15N3O2. The van der Waals surface area contributed by atoms with Crippen molar-refractivity contribution in [1.29, 1.82) is 0 Å². The van der Waals surface area contributed by atoms with Gasteiger partial charge in [0.05, 0.1) is 5.69 Å². The van der Waals surface area contributed by atoms with Crippen molar-refractivity contribution in [2.24, 2.45) is 7.05 Å². The third-order valence-electron chi connectivity index (χ3n) is 2.83. The number of carboxylic acid groups (broad SMARTS) is 1. The average Bonchev–Trinajstić information content (AvgIpc) is 2.62. The van der Waals surface area contributed by atoms with Crippen molar-refractivity contribution in [3.8, 4) is 0 Å². The number of aromatic carboxylic acids is 1. The molecular weight excluding hydrogens is 194 g/mol. The van der Waals surface area contributed by atoms with Crippen LogP contribution in [0.2, 0.25) is 0 Å². The van der Waals surface area contributed by atoms with Crippen molar-refractivity contribution in [3.05, 3.63) is 17.5 Å². The van der Waals surface area contributed by atoms with E-state index in [1.807, 2.05) is 0 Å². The predicted octanol–water partition coefficient (Wildman–Crippen LogP) is 0.585. The number of aryl methyl sites for hydroxylation is 1. The Labute approximate surface area is 88.1 Å². The van der Waals surface area contributed by atoms with Crippen molar-refractivity contribution < 1.29 is 9.90 Å². The van der Waals surface area contributed by atoms with Gasteiger partial charge in [0, 0.05) is 19.5 Å². The second kappa shape index (κ2) is 4.02. The molecule has 5 heteroatoms. The number of hydrogen-bond acceptors (Lipinski definition) is 3. The van der Waals surface area contributed by atoms with E-state index in [1.54, 1.807) is 13.1 Å². The third kappa shape index (κ3) is 2.02. The highest BCUT2D eigenvalue weighted by Crippen LogP contribution is 2.22. The number of aromatic nitrogens is 2. The minimum atomic E-state index is -0.917. The Balaban J connectivity index is 2.21. The van der Waals surface area contributed by atoms with E-state index in [4.69, 9.17) is 5.11 Å². The molecule has 1 fully saturated rings. The molecule has 82 valence electrons. The monoisotopic (exact) mass is 209 g/mol. The van der Waals surface area contributed by atoms with Crippen molar-refractivity contribution in [2.45, 2.75) is 18.8 Å². The van der Waals surface area contributed by atoms with Gasteiger partial charge in [-0.25, -0.2) is 4.79 Å². The second-order valence-corrected chi connectivity index (χ2v) is 3.93. The van der Waals surface area contributed by atoms with Crippen LogP contribution in [0.3, 0.4) is 0 Å². The smallest absolute Gasteiger partial charge is 0.354 e. The van der Waals surface area contributed by atoms with Gasteiger partial charge in [0.1, 0.15) is 5.69 Å². The Bertz CT molecular complexity index is 367. The van der Waals surface area contributed by atoms with Crippen LogP contribution in [-0.4, -0.2) is 33.9 Å². The van der Waals surface area contributed by atoms with Crippen LogP contribution in [0.5, 0.6) is 0 Å². The van der Waals surface area contributed by atoms with Crippen LogP contribution in [0, 0.1) is 0 Å². The fourth-order valence-corrected chi connectivity index (χ4v) is 1.99. The van der Waals surface area contributed by atoms with Gasteiger partial charge < -0.3 is 10.4 Å². The largest absolute Gasteiger partial charge is 0.477 e. The van der Waals surface area contributed by atoms with Gasteiger partial charge in [0.25, 0.3) is 0 Å². The lowest BCUT2D eigenvalue weighted by Gasteiger charge is -2.20. The van der Waals surface area contributed by atoms with E-state index in [2.05, 4.69) is 10.4 Å². The van der Waals surface area contributed by atoms with E-state index < -0.39 is 5.97 Å². The highest BCUT2D eigenvalue weighted by atomic mass is 16.4. The van der Waals surface area contributed by atoms with E-state index in [-0.39, 0.29) is 5.69 Å². The first-order valence-corrected chi connectivity index (χ1v) is 5.16. The maximum absolute atomic E-state index is 10.8. The molecule has 0 bridgehead atoms.